The summed E-state index contributed by atoms with van der Waals surface area (Å²) in [7, 11) is 0. The van der Waals surface area contributed by atoms with Crippen molar-refractivity contribution in [3.8, 4) is 0 Å². The second-order valence-electron chi connectivity index (χ2n) is 5.88. The molecule has 3 rings (SSSR count). The number of carbonyl (C=O) groups excluding carboxylic acids is 1. The molecule has 1 saturated heterocycles. The SMILES string of the molecule is Cc1cc(C)n2c(SCC(=O)N3CCCCC3C)nnc2n1. The Labute approximate surface area is 134 Å². The lowest BCUT2D eigenvalue weighted by Gasteiger charge is -2.33. The van der Waals surface area contributed by atoms with E-state index in [2.05, 4.69) is 22.1 Å². The van der Waals surface area contributed by atoms with Crippen LogP contribution >= 0.6 is 11.8 Å². The molecule has 0 radical (unpaired) electrons. The van der Waals surface area contributed by atoms with Gasteiger partial charge in [-0.3, -0.25) is 9.20 Å². The fourth-order valence-corrected chi connectivity index (χ4v) is 3.84. The molecular formula is C15H21N5OS. The van der Waals surface area contributed by atoms with Gasteiger partial charge in [0.05, 0.1) is 5.75 Å². The average molecular weight is 319 g/mol. The lowest BCUT2D eigenvalue weighted by Crippen LogP contribution is -2.42. The van der Waals surface area contributed by atoms with Crippen LogP contribution in [0.4, 0.5) is 0 Å². The summed E-state index contributed by atoms with van der Waals surface area (Å²) in [4.78, 5) is 18.8. The van der Waals surface area contributed by atoms with Crippen LogP contribution in [-0.2, 0) is 4.79 Å². The first-order valence-electron chi connectivity index (χ1n) is 7.68. The van der Waals surface area contributed by atoms with Gasteiger partial charge in [0.1, 0.15) is 0 Å². The van der Waals surface area contributed by atoms with Crippen LogP contribution < -0.4 is 0 Å². The first-order chi connectivity index (χ1) is 10.6. The zero-order chi connectivity index (χ0) is 15.7. The van der Waals surface area contributed by atoms with E-state index in [1.54, 1.807) is 0 Å². The van der Waals surface area contributed by atoms with E-state index in [4.69, 9.17) is 0 Å². The van der Waals surface area contributed by atoms with Crippen molar-refractivity contribution in [2.24, 2.45) is 0 Å². The number of carbonyl (C=O) groups is 1. The van der Waals surface area contributed by atoms with Crippen molar-refractivity contribution in [3.63, 3.8) is 0 Å². The minimum atomic E-state index is 0.187. The number of hydrogen-bond acceptors (Lipinski definition) is 5. The molecule has 2 aromatic rings. The Kier molecular flexibility index (Phi) is 4.33. The number of hydrogen-bond donors (Lipinski definition) is 0. The Bertz CT molecular complexity index is 699. The van der Waals surface area contributed by atoms with E-state index in [1.807, 2.05) is 29.2 Å². The molecule has 1 atom stereocenters. The molecule has 0 spiro atoms. The summed E-state index contributed by atoms with van der Waals surface area (Å²) in [6.45, 7) is 6.95. The number of likely N-dealkylation sites (tertiary alicyclic amines) is 1. The third-order valence-corrected chi connectivity index (χ3v) is 5.02. The molecule has 0 bridgehead atoms. The van der Waals surface area contributed by atoms with Gasteiger partial charge in [0.25, 0.3) is 5.78 Å². The third-order valence-electron chi connectivity index (χ3n) is 4.11. The molecular weight excluding hydrogens is 298 g/mol. The summed E-state index contributed by atoms with van der Waals surface area (Å²) < 4.78 is 1.91. The predicted octanol–water partition coefficient (Wildman–Crippen LogP) is 2.23. The number of amides is 1. The maximum atomic E-state index is 12.4. The minimum Gasteiger partial charge on any atom is -0.339 e. The van der Waals surface area contributed by atoms with Crippen LogP contribution in [0, 0.1) is 13.8 Å². The van der Waals surface area contributed by atoms with Gasteiger partial charge in [0, 0.05) is 24.0 Å². The van der Waals surface area contributed by atoms with E-state index >= 15 is 0 Å². The van der Waals surface area contributed by atoms with Gasteiger partial charge in [-0.2, -0.15) is 0 Å². The lowest BCUT2D eigenvalue weighted by molar-refractivity contribution is -0.131. The van der Waals surface area contributed by atoms with Crippen LogP contribution in [0.15, 0.2) is 11.2 Å². The monoisotopic (exact) mass is 319 g/mol. The molecule has 7 heteroatoms. The molecule has 0 N–H and O–H groups in total. The van der Waals surface area contributed by atoms with Crippen molar-refractivity contribution in [3.05, 3.63) is 17.5 Å². The zero-order valence-electron chi connectivity index (χ0n) is 13.2. The fraction of sp³-hybridized carbons (Fsp3) is 0.600. The topological polar surface area (TPSA) is 63.4 Å². The summed E-state index contributed by atoms with van der Waals surface area (Å²) in [5.41, 5.74) is 1.96. The normalized spacial score (nSPS) is 18.9. The molecule has 6 nitrogen and oxygen atoms in total. The highest BCUT2D eigenvalue weighted by atomic mass is 32.2. The van der Waals surface area contributed by atoms with Crippen LogP contribution in [-0.4, -0.2) is 48.7 Å². The molecule has 1 amide bonds. The van der Waals surface area contributed by atoms with Gasteiger partial charge < -0.3 is 4.90 Å². The second kappa shape index (κ2) is 6.24. The Balaban J connectivity index is 1.73. The number of rotatable bonds is 3. The standard InChI is InChI=1S/C15H21N5OS/c1-10-8-12(3)20-14(16-10)17-18-15(20)22-9-13(21)19-7-5-4-6-11(19)2/h8,11H,4-7,9H2,1-3H3. The van der Waals surface area contributed by atoms with E-state index in [0.717, 1.165) is 35.9 Å². The molecule has 1 aliphatic heterocycles. The summed E-state index contributed by atoms with van der Waals surface area (Å²) in [5, 5.41) is 9.01. The number of fused-ring (bicyclic) bond motifs is 1. The first-order valence-corrected chi connectivity index (χ1v) is 8.66. The number of thioether (sulfide) groups is 1. The maximum absolute atomic E-state index is 12.4. The van der Waals surface area contributed by atoms with Crippen molar-refractivity contribution >= 4 is 23.4 Å². The molecule has 3 heterocycles. The largest absolute Gasteiger partial charge is 0.339 e. The Morgan fingerprint density at radius 2 is 2.18 bits per heavy atom. The summed E-state index contributed by atoms with van der Waals surface area (Å²) in [6.07, 6.45) is 3.43. The fourth-order valence-electron chi connectivity index (χ4n) is 2.97. The van der Waals surface area contributed by atoms with Crippen LogP contribution in [0.1, 0.15) is 37.6 Å². The van der Waals surface area contributed by atoms with Crippen molar-refractivity contribution in [2.75, 3.05) is 12.3 Å². The van der Waals surface area contributed by atoms with E-state index < -0.39 is 0 Å². The van der Waals surface area contributed by atoms with Crippen molar-refractivity contribution in [2.45, 2.75) is 51.2 Å². The molecule has 22 heavy (non-hydrogen) atoms. The summed E-state index contributed by atoms with van der Waals surface area (Å²) in [5.74, 6) is 1.18. The smallest absolute Gasteiger partial charge is 0.256 e. The number of nitrogens with zero attached hydrogens (tertiary/aromatic N) is 5. The van der Waals surface area contributed by atoms with Crippen LogP contribution in [0.3, 0.4) is 0 Å². The number of piperidine rings is 1. The first kappa shape index (κ1) is 15.3. The molecule has 1 fully saturated rings. The maximum Gasteiger partial charge on any atom is 0.256 e. The molecule has 1 unspecified atom stereocenters. The average Bonchev–Trinajstić information content (AvgIpc) is 2.88. The van der Waals surface area contributed by atoms with Crippen molar-refractivity contribution in [1.82, 2.24) is 24.5 Å². The highest BCUT2D eigenvalue weighted by Crippen LogP contribution is 2.22. The lowest BCUT2D eigenvalue weighted by atomic mass is 10.0. The summed E-state index contributed by atoms with van der Waals surface area (Å²) >= 11 is 1.44. The van der Waals surface area contributed by atoms with Gasteiger partial charge in [-0.25, -0.2) is 4.98 Å². The van der Waals surface area contributed by atoms with E-state index in [9.17, 15) is 4.79 Å². The van der Waals surface area contributed by atoms with Crippen LogP contribution in [0.25, 0.3) is 5.78 Å². The molecule has 118 valence electrons. The summed E-state index contributed by atoms with van der Waals surface area (Å²) in [6, 6.07) is 2.35. The van der Waals surface area contributed by atoms with Gasteiger partial charge in [-0.15, -0.1) is 10.2 Å². The van der Waals surface area contributed by atoms with Gasteiger partial charge in [-0.1, -0.05) is 11.8 Å². The van der Waals surface area contributed by atoms with Gasteiger partial charge >= 0.3 is 0 Å². The van der Waals surface area contributed by atoms with E-state index in [0.29, 0.717) is 17.6 Å². The van der Waals surface area contributed by atoms with Crippen molar-refractivity contribution in [1.29, 1.82) is 0 Å². The quantitative estimate of drug-likeness (QED) is 0.812. The highest BCUT2D eigenvalue weighted by Gasteiger charge is 2.23. The minimum absolute atomic E-state index is 0.187. The van der Waals surface area contributed by atoms with Gasteiger partial charge in [0.15, 0.2) is 5.16 Å². The van der Waals surface area contributed by atoms with Crippen LogP contribution in [0.2, 0.25) is 0 Å². The predicted molar refractivity (Wildman–Crippen MR) is 86.0 cm³/mol. The number of aryl methyl sites for hydroxylation is 2. The zero-order valence-corrected chi connectivity index (χ0v) is 14.1. The highest BCUT2D eigenvalue weighted by molar-refractivity contribution is 7.99. The Morgan fingerprint density at radius 1 is 1.36 bits per heavy atom. The third kappa shape index (κ3) is 2.95. The second-order valence-corrected chi connectivity index (χ2v) is 6.82. The molecule has 0 aliphatic carbocycles. The molecule has 0 aromatic carbocycles. The van der Waals surface area contributed by atoms with Gasteiger partial charge in [-0.05, 0) is 46.1 Å². The Morgan fingerprint density at radius 3 is 2.95 bits per heavy atom. The molecule has 2 aromatic heterocycles. The van der Waals surface area contributed by atoms with Gasteiger partial charge in [0.2, 0.25) is 5.91 Å². The van der Waals surface area contributed by atoms with Crippen LogP contribution in [0.5, 0.6) is 0 Å². The molecule has 0 saturated carbocycles. The molecule has 1 aliphatic rings. The Hall–Kier alpha value is -1.63. The van der Waals surface area contributed by atoms with Crippen molar-refractivity contribution < 1.29 is 4.79 Å². The van der Waals surface area contributed by atoms with E-state index in [1.165, 1.54) is 18.2 Å². The number of aromatic nitrogens is 4. The van der Waals surface area contributed by atoms with E-state index in [-0.39, 0.29) is 5.91 Å².